The Hall–Kier alpha value is -4.83. The number of nitrogens with zero attached hydrogens (tertiary/aromatic N) is 2. The molecule has 1 fully saturated rings. The van der Waals surface area contributed by atoms with Crippen molar-refractivity contribution in [1.82, 2.24) is 20.4 Å². The molecule has 0 saturated heterocycles. The number of nitrogens with one attached hydrogen (secondary N) is 2. The topological polar surface area (TPSA) is 77.4 Å². The van der Waals surface area contributed by atoms with E-state index in [0.29, 0.717) is 17.4 Å². The number of benzene rings is 4. The van der Waals surface area contributed by atoms with Gasteiger partial charge in [-0.05, 0) is 89.8 Å². The van der Waals surface area contributed by atoms with E-state index in [2.05, 4.69) is 57.9 Å². The van der Waals surface area contributed by atoms with Crippen LogP contribution in [0.2, 0.25) is 0 Å². The number of amides is 1. The normalized spacial score (nSPS) is 17.4. The first kappa shape index (κ1) is 30.8. The summed E-state index contributed by atoms with van der Waals surface area (Å²) >= 11 is 0. The highest BCUT2D eigenvalue weighted by molar-refractivity contribution is 5.94. The molecule has 1 saturated carbocycles. The summed E-state index contributed by atoms with van der Waals surface area (Å²) in [5.74, 6) is -5.08. The van der Waals surface area contributed by atoms with Crippen LogP contribution in [0, 0.1) is 23.4 Å². The Morgan fingerprint density at radius 2 is 1.66 bits per heavy atom. The quantitative estimate of drug-likeness (QED) is 0.164. The van der Waals surface area contributed by atoms with Crippen LogP contribution in [0.25, 0.3) is 22.0 Å². The van der Waals surface area contributed by atoms with Crippen LogP contribution in [0.1, 0.15) is 58.8 Å². The number of rotatable bonds is 9. The number of halogens is 3. The molecule has 2 N–H and O–H groups in total. The highest BCUT2D eigenvalue weighted by atomic mass is 19.2. The SMILES string of the molecule is COc1ccc(COc2c(F)cc(C(=O)NCC3CCC(n4cc5ccc(-c6ccc7c(c6)CNC7)cc5n4)CC3)c(F)c2F)cc1. The van der Waals surface area contributed by atoms with Crippen LogP contribution in [0.5, 0.6) is 11.5 Å². The predicted octanol–water partition coefficient (Wildman–Crippen LogP) is 7.47. The number of carbonyl (C=O) groups is 1. The molecule has 47 heavy (non-hydrogen) atoms. The third kappa shape index (κ3) is 6.42. The summed E-state index contributed by atoms with van der Waals surface area (Å²) in [5.41, 5.74) is 5.90. The Morgan fingerprint density at radius 3 is 2.45 bits per heavy atom. The van der Waals surface area contributed by atoms with Gasteiger partial charge in [-0.15, -0.1) is 0 Å². The zero-order valence-corrected chi connectivity index (χ0v) is 26.0. The zero-order valence-electron chi connectivity index (χ0n) is 26.0. The molecule has 1 aromatic heterocycles. The van der Waals surface area contributed by atoms with E-state index in [1.165, 1.54) is 23.8 Å². The molecule has 10 heteroatoms. The van der Waals surface area contributed by atoms with Crippen LogP contribution in [-0.4, -0.2) is 29.3 Å². The first-order chi connectivity index (χ1) is 22.9. The molecular weight excluding hydrogens is 605 g/mol. The van der Waals surface area contributed by atoms with Gasteiger partial charge in [-0.3, -0.25) is 9.48 Å². The van der Waals surface area contributed by atoms with Crippen molar-refractivity contribution in [3.63, 3.8) is 0 Å². The molecular formula is C37H35F3N4O3. The molecule has 2 aliphatic rings. The summed E-state index contributed by atoms with van der Waals surface area (Å²) in [5, 5.41) is 12.1. The van der Waals surface area contributed by atoms with Crippen molar-refractivity contribution in [3.8, 4) is 22.6 Å². The van der Waals surface area contributed by atoms with E-state index < -0.39 is 34.7 Å². The number of hydrogen-bond acceptors (Lipinski definition) is 5. The van der Waals surface area contributed by atoms with Gasteiger partial charge in [-0.1, -0.05) is 36.4 Å². The molecule has 242 valence electrons. The third-order valence-corrected chi connectivity index (χ3v) is 9.34. The Kier molecular flexibility index (Phi) is 8.60. The van der Waals surface area contributed by atoms with Crippen LogP contribution in [0.3, 0.4) is 0 Å². The van der Waals surface area contributed by atoms with Crippen molar-refractivity contribution < 1.29 is 27.4 Å². The highest BCUT2D eigenvalue weighted by Gasteiger charge is 2.27. The standard InChI is InChI=1S/C37H35F3N4O3/c1-46-30-12-4-23(5-13-30)21-47-36-32(38)16-31(34(39)35(36)40)37(45)42-17-22-2-10-29(11-3-22)44-20-27-9-7-25(15-33(27)43-44)24-6-8-26-18-41-19-28(26)14-24/h4-9,12-16,20,22,29,41H,2-3,10-11,17-19,21H2,1H3,(H,42,45). The van der Waals surface area contributed by atoms with Gasteiger partial charge in [0, 0.05) is 31.2 Å². The molecule has 1 aliphatic carbocycles. The number of fused-ring (bicyclic) bond motifs is 2. The van der Waals surface area contributed by atoms with Crippen molar-refractivity contribution in [1.29, 1.82) is 0 Å². The van der Waals surface area contributed by atoms with E-state index in [-0.39, 0.29) is 25.1 Å². The lowest BCUT2D eigenvalue weighted by atomic mass is 9.86. The first-order valence-corrected chi connectivity index (χ1v) is 15.9. The lowest BCUT2D eigenvalue weighted by Crippen LogP contribution is -2.32. The second-order valence-electron chi connectivity index (χ2n) is 12.4. The van der Waals surface area contributed by atoms with E-state index in [0.717, 1.165) is 55.2 Å². The van der Waals surface area contributed by atoms with Gasteiger partial charge in [0.05, 0.1) is 24.2 Å². The van der Waals surface area contributed by atoms with E-state index in [4.69, 9.17) is 14.6 Å². The second-order valence-corrected chi connectivity index (χ2v) is 12.4. The minimum atomic E-state index is -1.53. The minimum Gasteiger partial charge on any atom is -0.497 e. The monoisotopic (exact) mass is 640 g/mol. The average Bonchev–Trinajstić information content (AvgIpc) is 3.76. The Bertz CT molecular complexity index is 1930. The maximum absolute atomic E-state index is 14.9. The summed E-state index contributed by atoms with van der Waals surface area (Å²) in [4.78, 5) is 12.8. The average molecular weight is 641 g/mol. The van der Waals surface area contributed by atoms with Gasteiger partial charge in [0.25, 0.3) is 5.91 Å². The maximum Gasteiger partial charge on any atom is 0.254 e. The fourth-order valence-corrected chi connectivity index (χ4v) is 6.58. The molecule has 0 bridgehead atoms. The van der Waals surface area contributed by atoms with Gasteiger partial charge in [0.1, 0.15) is 12.4 Å². The fraction of sp³-hybridized carbons (Fsp3) is 0.297. The highest BCUT2D eigenvalue weighted by Crippen LogP contribution is 2.34. The first-order valence-electron chi connectivity index (χ1n) is 15.9. The van der Waals surface area contributed by atoms with Gasteiger partial charge < -0.3 is 20.1 Å². The van der Waals surface area contributed by atoms with Crippen LogP contribution in [0.15, 0.2) is 72.9 Å². The van der Waals surface area contributed by atoms with Crippen molar-refractivity contribution in [2.45, 2.75) is 51.4 Å². The molecule has 5 aromatic rings. The van der Waals surface area contributed by atoms with Gasteiger partial charge in [0.2, 0.25) is 5.82 Å². The van der Waals surface area contributed by atoms with Gasteiger partial charge in [-0.2, -0.15) is 9.49 Å². The summed E-state index contributed by atoms with van der Waals surface area (Å²) in [6.07, 6.45) is 5.50. The summed E-state index contributed by atoms with van der Waals surface area (Å²) in [7, 11) is 1.52. The van der Waals surface area contributed by atoms with Crippen molar-refractivity contribution in [2.75, 3.05) is 13.7 Å². The molecule has 0 radical (unpaired) electrons. The van der Waals surface area contributed by atoms with Crippen LogP contribution in [-0.2, 0) is 19.7 Å². The van der Waals surface area contributed by atoms with E-state index in [1.807, 2.05) is 0 Å². The lowest BCUT2D eigenvalue weighted by Gasteiger charge is -2.28. The zero-order chi connectivity index (χ0) is 32.5. The largest absolute Gasteiger partial charge is 0.497 e. The van der Waals surface area contributed by atoms with E-state index >= 15 is 0 Å². The van der Waals surface area contributed by atoms with E-state index in [1.54, 1.807) is 24.3 Å². The summed E-state index contributed by atoms with van der Waals surface area (Å²) < 4.78 is 56.8. The number of ether oxygens (including phenoxy) is 2. The number of methoxy groups -OCH3 is 1. The van der Waals surface area contributed by atoms with E-state index in [9.17, 15) is 18.0 Å². The Labute approximate surface area is 270 Å². The van der Waals surface area contributed by atoms with Crippen LogP contribution < -0.4 is 20.1 Å². The minimum absolute atomic E-state index is 0.158. The number of hydrogen-bond donors (Lipinski definition) is 2. The number of aromatic nitrogens is 2. The van der Waals surface area contributed by atoms with Crippen LogP contribution in [0.4, 0.5) is 13.2 Å². The lowest BCUT2D eigenvalue weighted by molar-refractivity contribution is 0.0935. The Balaban J connectivity index is 0.935. The third-order valence-electron chi connectivity index (χ3n) is 9.34. The smallest absolute Gasteiger partial charge is 0.254 e. The van der Waals surface area contributed by atoms with Gasteiger partial charge in [-0.25, -0.2) is 8.78 Å². The second kappa shape index (κ2) is 13.1. The molecule has 1 amide bonds. The molecule has 2 heterocycles. The molecule has 0 unspecified atom stereocenters. The fourth-order valence-electron chi connectivity index (χ4n) is 6.58. The van der Waals surface area contributed by atoms with Gasteiger partial charge >= 0.3 is 0 Å². The van der Waals surface area contributed by atoms with Gasteiger partial charge in [0.15, 0.2) is 17.4 Å². The Morgan fingerprint density at radius 1 is 0.915 bits per heavy atom. The molecule has 0 atom stereocenters. The summed E-state index contributed by atoms with van der Waals surface area (Å²) in [6.45, 7) is 1.91. The molecule has 1 aliphatic heterocycles. The van der Waals surface area contributed by atoms with Crippen LogP contribution >= 0.6 is 0 Å². The maximum atomic E-state index is 14.9. The van der Waals surface area contributed by atoms with Crippen molar-refractivity contribution >= 4 is 16.8 Å². The molecule has 7 nitrogen and oxygen atoms in total. The summed E-state index contributed by atoms with van der Waals surface area (Å²) in [6, 6.07) is 20.6. The van der Waals surface area contributed by atoms with Crippen molar-refractivity contribution in [3.05, 3.63) is 113 Å². The molecule has 0 spiro atoms. The molecule has 4 aromatic carbocycles. The number of carbonyl (C=O) groups excluding carboxylic acids is 1. The predicted molar refractivity (Wildman–Crippen MR) is 173 cm³/mol. The van der Waals surface area contributed by atoms with Crippen molar-refractivity contribution in [2.24, 2.45) is 5.92 Å². The molecule has 7 rings (SSSR count).